The molecule has 1 aromatic heterocycles. The first-order chi connectivity index (χ1) is 10.0. The molecule has 0 spiro atoms. The molecule has 3 nitrogen and oxygen atoms in total. The second-order valence-corrected chi connectivity index (χ2v) is 5.18. The molecule has 1 aliphatic rings. The number of nitrogens with zero attached hydrogens (tertiary/aromatic N) is 1. The third-order valence-corrected chi connectivity index (χ3v) is 3.22. The average Bonchev–Trinajstić information content (AvgIpc) is 3.10. The van der Waals surface area contributed by atoms with E-state index < -0.39 is 0 Å². The lowest BCUT2D eigenvalue weighted by Crippen LogP contribution is -2.00. The number of ether oxygens (including phenoxy) is 1. The summed E-state index contributed by atoms with van der Waals surface area (Å²) in [5, 5.41) is 0. The number of carbonyl (C=O) groups is 1. The van der Waals surface area contributed by atoms with Gasteiger partial charge in [-0.1, -0.05) is 45.1 Å². The Labute approximate surface area is 127 Å². The Morgan fingerprint density at radius 1 is 1.38 bits per heavy atom. The van der Waals surface area contributed by atoms with E-state index in [2.05, 4.69) is 24.8 Å². The Morgan fingerprint density at radius 3 is 2.48 bits per heavy atom. The maximum absolute atomic E-state index is 10.4. The minimum atomic E-state index is -0.0417. The first-order valence-corrected chi connectivity index (χ1v) is 7.39. The molecule has 0 bridgehead atoms. The number of hydrogen-bond acceptors (Lipinski definition) is 2. The SMILES string of the molecule is C=C(/C=C\C(=C)n1cccc1)CCC.CC1CCOC1=O. The highest BCUT2D eigenvalue weighted by molar-refractivity contribution is 5.73. The zero-order chi connectivity index (χ0) is 15.7. The van der Waals surface area contributed by atoms with Gasteiger partial charge in [-0.15, -0.1) is 0 Å². The van der Waals surface area contributed by atoms with E-state index in [-0.39, 0.29) is 11.9 Å². The second kappa shape index (κ2) is 9.01. The molecule has 0 aromatic carbocycles. The fraction of sp³-hybridized carbons (Fsp3) is 0.389. The predicted molar refractivity (Wildman–Crippen MR) is 87.7 cm³/mol. The highest BCUT2D eigenvalue weighted by Gasteiger charge is 2.20. The minimum Gasteiger partial charge on any atom is -0.465 e. The number of allylic oxidation sites excluding steroid dienone is 4. The van der Waals surface area contributed by atoms with E-state index in [4.69, 9.17) is 0 Å². The topological polar surface area (TPSA) is 31.2 Å². The van der Waals surface area contributed by atoms with Gasteiger partial charge in [-0.25, -0.2) is 0 Å². The van der Waals surface area contributed by atoms with Crippen molar-refractivity contribution in [2.45, 2.75) is 33.1 Å². The van der Waals surface area contributed by atoms with E-state index in [1.54, 1.807) is 0 Å². The van der Waals surface area contributed by atoms with Gasteiger partial charge >= 0.3 is 5.97 Å². The van der Waals surface area contributed by atoms with Crippen LogP contribution >= 0.6 is 0 Å². The molecule has 1 aliphatic heterocycles. The van der Waals surface area contributed by atoms with Crippen LogP contribution in [0.1, 0.15) is 33.1 Å². The van der Waals surface area contributed by atoms with Crippen LogP contribution in [0.2, 0.25) is 0 Å². The van der Waals surface area contributed by atoms with Crippen molar-refractivity contribution in [3.8, 4) is 0 Å². The highest BCUT2D eigenvalue weighted by atomic mass is 16.5. The molecule has 1 atom stereocenters. The number of carbonyl (C=O) groups excluding carboxylic acids is 1. The summed E-state index contributed by atoms with van der Waals surface area (Å²) in [5.41, 5.74) is 2.12. The smallest absolute Gasteiger partial charge is 0.308 e. The molecule has 0 radical (unpaired) electrons. The van der Waals surface area contributed by atoms with Crippen LogP contribution in [0.15, 0.2) is 55.4 Å². The number of esters is 1. The zero-order valence-electron chi connectivity index (χ0n) is 13.0. The molecule has 21 heavy (non-hydrogen) atoms. The predicted octanol–water partition coefficient (Wildman–Crippen LogP) is 4.44. The lowest BCUT2D eigenvalue weighted by atomic mass is 10.1. The van der Waals surface area contributed by atoms with E-state index in [1.807, 2.05) is 48.2 Å². The molecule has 0 amide bonds. The molecule has 0 saturated carbocycles. The lowest BCUT2D eigenvalue weighted by Gasteiger charge is -2.01. The molecule has 114 valence electrons. The van der Waals surface area contributed by atoms with Crippen molar-refractivity contribution in [1.82, 2.24) is 4.57 Å². The summed E-state index contributed by atoms with van der Waals surface area (Å²) in [7, 11) is 0. The molecule has 1 saturated heterocycles. The van der Waals surface area contributed by atoms with Gasteiger partial charge in [0.15, 0.2) is 0 Å². The van der Waals surface area contributed by atoms with Crippen LogP contribution in [-0.2, 0) is 9.53 Å². The van der Waals surface area contributed by atoms with Crippen molar-refractivity contribution in [1.29, 1.82) is 0 Å². The van der Waals surface area contributed by atoms with Gasteiger partial charge in [0.25, 0.3) is 0 Å². The van der Waals surface area contributed by atoms with Gasteiger partial charge < -0.3 is 9.30 Å². The number of hydrogen-bond donors (Lipinski definition) is 0. The van der Waals surface area contributed by atoms with Gasteiger partial charge in [0.1, 0.15) is 0 Å². The average molecular weight is 287 g/mol. The fourth-order valence-corrected chi connectivity index (χ4v) is 1.83. The number of rotatable bonds is 5. The van der Waals surface area contributed by atoms with Crippen molar-refractivity contribution < 1.29 is 9.53 Å². The van der Waals surface area contributed by atoms with Crippen LogP contribution in [0.3, 0.4) is 0 Å². The first kappa shape index (κ1) is 17.0. The van der Waals surface area contributed by atoms with Crippen LogP contribution in [0.5, 0.6) is 0 Å². The molecule has 1 fully saturated rings. The van der Waals surface area contributed by atoms with Crippen LogP contribution in [0.25, 0.3) is 5.70 Å². The van der Waals surface area contributed by atoms with Crippen molar-refractivity contribution >= 4 is 11.7 Å². The molecule has 2 heterocycles. The number of cyclic esters (lactones) is 1. The first-order valence-electron chi connectivity index (χ1n) is 7.39. The van der Waals surface area contributed by atoms with Crippen LogP contribution in [0.4, 0.5) is 0 Å². The summed E-state index contributed by atoms with van der Waals surface area (Å²) in [6.07, 6.45) is 11.1. The van der Waals surface area contributed by atoms with E-state index in [0.29, 0.717) is 6.61 Å². The van der Waals surface area contributed by atoms with Crippen LogP contribution in [0, 0.1) is 5.92 Å². The van der Waals surface area contributed by atoms with Crippen molar-refractivity contribution in [2.75, 3.05) is 6.61 Å². The van der Waals surface area contributed by atoms with Crippen LogP contribution in [-0.4, -0.2) is 17.1 Å². The molecule has 3 heteroatoms. The Morgan fingerprint density at radius 2 is 2.05 bits per heavy atom. The molecular formula is C18H25NO2. The van der Waals surface area contributed by atoms with Gasteiger partial charge in [-0.3, -0.25) is 4.79 Å². The molecular weight excluding hydrogens is 262 g/mol. The highest BCUT2D eigenvalue weighted by Crippen LogP contribution is 2.11. The van der Waals surface area contributed by atoms with Crippen LogP contribution < -0.4 is 0 Å². The third-order valence-electron chi connectivity index (χ3n) is 3.22. The summed E-state index contributed by atoms with van der Waals surface area (Å²) in [6, 6.07) is 3.97. The molecule has 0 aliphatic carbocycles. The van der Waals surface area contributed by atoms with E-state index >= 15 is 0 Å². The summed E-state index contributed by atoms with van der Waals surface area (Å²) in [6.45, 7) is 12.6. The Balaban J connectivity index is 0.000000262. The maximum Gasteiger partial charge on any atom is 0.308 e. The zero-order valence-corrected chi connectivity index (χ0v) is 13.0. The molecule has 1 unspecified atom stereocenters. The van der Waals surface area contributed by atoms with Crippen molar-refractivity contribution in [2.24, 2.45) is 5.92 Å². The van der Waals surface area contributed by atoms with Gasteiger partial charge in [0, 0.05) is 18.1 Å². The number of aromatic nitrogens is 1. The lowest BCUT2D eigenvalue weighted by molar-refractivity contribution is -0.140. The largest absolute Gasteiger partial charge is 0.465 e. The molecule has 0 N–H and O–H groups in total. The normalized spacial score (nSPS) is 17.2. The van der Waals surface area contributed by atoms with Gasteiger partial charge in [-0.2, -0.15) is 0 Å². The Kier molecular flexibility index (Phi) is 7.30. The fourth-order valence-electron chi connectivity index (χ4n) is 1.83. The monoisotopic (exact) mass is 287 g/mol. The standard InChI is InChI=1S/C13H17N.C5H8O2/c1-4-7-12(2)8-9-13(3)14-10-5-6-11-14;1-4-2-3-7-5(4)6/h5-6,8-11H,2-4,7H2,1H3;4H,2-3H2,1H3/b9-8-;. The van der Waals surface area contributed by atoms with Gasteiger partial charge in [0.2, 0.25) is 0 Å². The summed E-state index contributed by atoms with van der Waals surface area (Å²) in [4.78, 5) is 10.4. The van der Waals surface area contributed by atoms with E-state index in [0.717, 1.165) is 30.5 Å². The van der Waals surface area contributed by atoms with E-state index in [1.165, 1.54) is 0 Å². The quantitative estimate of drug-likeness (QED) is 0.592. The molecule has 2 rings (SSSR count). The maximum atomic E-state index is 10.4. The summed E-state index contributed by atoms with van der Waals surface area (Å²) >= 11 is 0. The van der Waals surface area contributed by atoms with Crippen molar-refractivity contribution in [3.05, 3.63) is 55.4 Å². The Hall–Kier alpha value is -2.03. The van der Waals surface area contributed by atoms with Crippen molar-refractivity contribution in [3.63, 3.8) is 0 Å². The van der Waals surface area contributed by atoms with E-state index in [9.17, 15) is 4.79 Å². The summed E-state index contributed by atoms with van der Waals surface area (Å²) in [5.74, 6) is 0.111. The van der Waals surface area contributed by atoms with Gasteiger partial charge in [0.05, 0.1) is 12.5 Å². The minimum absolute atomic E-state index is 0.0417. The third kappa shape index (κ3) is 6.30. The second-order valence-electron chi connectivity index (χ2n) is 5.18. The van der Waals surface area contributed by atoms with Gasteiger partial charge in [-0.05, 0) is 31.1 Å². The summed E-state index contributed by atoms with van der Waals surface area (Å²) < 4.78 is 6.61. The Bertz CT molecular complexity index is 497. The molecule has 1 aromatic rings.